The van der Waals surface area contributed by atoms with Crippen LogP contribution in [-0.2, 0) is 0 Å². The number of carbonyl (C=O) groups excluding carboxylic acids is 1. The molecule has 9 heteroatoms. The number of ether oxygens (including phenoxy) is 2. The SMILES string of the molecule is COc1cc(OC)cc(C(=O)Nc2nnc(-c3cc(Cl)ccc3Cl)o2)c1. The maximum Gasteiger partial charge on any atom is 0.322 e. The summed E-state index contributed by atoms with van der Waals surface area (Å²) in [5, 5.41) is 11.1. The Bertz CT molecular complexity index is 937. The van der Waals surface area contributed by atoms with Crippen LogP contribution in [0.2, 0.25) is 10.0 Å². The summed E-state index contributed by atoms with van der Waals surface area (Å²) in [5.74, 6) is 0.628. The highest BCUT2D eigenvalue weighted by Crippen LogP contribution is 2.30. The fourth-order valence-corrected chi connectivity index (χ4v) is 2.52. The third-order valence-electron chi connectivity index (χ3n) is 3.42. The molecule has 1 heterocycles. The fourth-order valence-electron chi connectivity index (χ4n) is 2.15. The van der Waals surface area contributed by atoms with Crippen molar-refractivity contribution in [3.8, 4) is 23.0 Å². The van der Waals surface area contributed by atoms with E-state index in [2.05, 4.69) is 15.5 Å². The van der Waals surface area contributed by atoms with Gasteiger partial charge in [0.1, 0.15) is 11.5 Å². The zero-order valence-corrected chi connectivity index (χ0v) is 15.3. The van der Waals surface area contributed by atoms with Crippen molar-refractivity contribution in [1.29, 1.82) is 0 Å². The van der Waals surface area contributed by atoms with Crippen LogP contribution in [-0.4, -0.2) is 30.3 Å². The zero-order valence-electron chi connectivity index (χ0n) is 13.7. The minimum absolute atomic E-state index is 0.0807. The van der Waals surface area contributed by atoms with Crippen molar-refractivity contribution in [1.82, 2.24) is 10.2 Å². The van der Waals surface area contributed by atoms with E-state index < -0.39 is 5.91 Å². The molecule has 0 atom stereocenters. The molecule has 0 aliphatic carbocycles. The summed E-state index contributed by atoms with van der Waals surface area (Å²) in [5.41, 5.74) is 0.775. The van der Waals surface area contributed by atoms with Gasteiger partial charge < -0.3 is 13.9 Å². The molecule has 0 saturated carbocycles. The summed E-state index contributed by atoms with van der Waals surface area (Å²) in [6.07, 6.45) is 0. The minimum atomic E-state index is -0.463. The smallest absolute Gasteiger partial charge is 0.322 e. The van der Waals surface area contributed by atoms with Gasteiger partial charge in [-0.25, -0.2) is 0 Å². The predicted octanol–water partition coefficient (Wildman–Crippen LogP) is 4.31. The van der Waals surface area contributed by atoms with E-state index in [1.807, 2.05) is 0 Å². The van der Waals surface area contributed by atoms with Gasteiger partial charge in [0, 0.05) is 16.7 Å². The first-order chi connectivity index (χ1) is 12.5. The largest absolute Gasteiger partial charge is 0.497 e. The van der Waals surface area contributed by atoms with E-state index in [1.54, 1.807) is 36.4 Å². The maximum absolute atomic E-state index is 12.4. The molecule has 1 amide bonds. The summed E-state index contributed by atoms with van der Waals surface area (Å²) in [6.45, 7) is 0. The normalized spacial score (nSPS) is 10.5. The predicted molar refractivity (Wildman–Crippen MR) is 97.3 cm³/mol. The van der Waals surface area contributed by atoms with Crippen LogP contribution >= 0.6 is 23.2 Å². The number of hydrogen-bond acceptors (Lipinski definition) is 6. The summed E-state index contributed by atoms with van der Waals surface area (Å²) in [4.78, 5) is 12.4. The van der Waals surface area contributed by atoms with Crippen molar-refractivity contribution in [2.75, 3.05) is 19.5 Å². The van der Waals surface area contributed by atoms with Crippen LogP contribution in [0.1, 0.15) is 10.4 Å². The van der Waals surface area contributed by atoms with Gasteiger partial charge in [-0.2, -0.15) is 0 Å². The van der Waals surface area contributed by atoms with E-state index in [0.29, 0.717) is 32.7 Å². The monoisotopic (exact) mass is 393 g/mol. The topological polar surface area (TPSA) is 86.5 Å². The molecule has 0 aliphatic heterocycles. The second-order valence-corrected chi connectivity index (χ2v) is 5.94. The van der Waals surface area contributed by atoms with Crippen LogP contribution < -0.4 is 14.8 Å². The van der Waals surface area contributed by atoms with Crippen molar-refractivity contribution < 1.29 is 18.7 Å². The van der Waals surface area contributed by atoms with Crippen LogP contribution in [0.4, 0.5) is 6.01 Å². The van der Waals surface area contributed by atoms with Crippen molar-refractivity contribution >= 4 is 35.1 Å². The molecule has 0 bridgehead atoms. The molecule has 2 aromatic carbocycles. The molecule has 0 unspecified atom stereocenters. The van der Waals surface area contributed by atoms with Gasteiger partial charge in [-0.15, -0.1) is 5.10 Å². The Morgan fingerprint density at radius 2 is 1.73 bits per heavy atom. The van der Waals surface area contributed by atoms with Gasteiger partial charge in [0.25, 0.3) is 11.8 Å². The summed E-state index contributed by atoms with van der Waals surface area (Å²) >= 11 is 12.1. The molecule has 0 saturated heterocycles. The molecule has 134 valence electrons. The molecular formula is C17H13Cl2N3O4. The van der Waals surface area contributed by atoms with E-state index in [0.717, 1.165) is 0 Å². The third-order valence-corrected chi connectivity index (χ3v) is 3.98. The maximum atomic E-state index is 12.4. The number of rotatable bonds is 5. The van der Waals surface area contributed by atoms with Crippen molar-refractivity contribution in [3.05, 3.63) is 52.0 Å². The molecule has 3 rings (SSSR count). The van der Waals surface area contributed by atoms with Gasteiger partial charge in [-0.1, -0.05) is 28.3 Å². The van der Waals surface area contributed by atoms with Gasteiger partial charge in [0.15, 0.2) is 0 Å². The highest BCUT2D eigenvalue weighted by Gasteiger charge is 2.16. The summed E-state index contributed by atoms with van der Waals surface area (Å²) in [7, 11) is 2.99. The first-order valence-corrected chi connectivity index (χ1v) is 8.09. The average Bonchev–Trinajstić information content (AvgIpc) is 3.11. The van der Waals surface area contributed by atoms with Gasteiger partial charge in [0.2, 0.25) is 0 Å². The van der Waals surface area contributed by atoms with Gasteiger partial charge >= 0.3 is 6.01 Å². The quantitative estimate of drug-likeness (QED) is 0.694. The van der Waals surface area contributed by atoms with Crippen LogP contribution in [0.25, 0.3) is 11.5 Å². The average molecular weight is 394 g/mol. The van der Waals surface area contributed by atoms with Crippen molar-refractivity contribution in [2.45, 2.75) is 0 Å². The van der Waals surface area contributed by atoms with Crippen LogP contribution in [0, 0.1) is 0 Å². The lowest BCUT2D eigenvalue weighted by Crippen LogP contribution is -2.12. The molecule has 0 aliphatic rings. The standard InChI is InChI=1S/C17H13Cl2N3O4/c1-24-11-5-9(6-12(8-11)25-2)15(23)20-17-22-21-16(26-17)13-7-10(18)3-4-14(13)19/h3-8H,1-2H3,(H,20,22,23). The van der Waals surface area contributed by atoms with Crippen molar-refractivity contribution in [2.24, 2.45) is 0 Å². The van der Waals surface area contributed by atoms with Crippen LogP contribution in [0.5, 0.6) is 11.5 Å². The molecule has 1 aromatic heterocycles. The number of aromatic nitrogens is 2. The Balaban J connectivity index is 1.83. The van der Waals surface area contributed by atoms with E-state index in [4.69, 9.17) is 37.1 Å². The van der Waals surface area contributed by atoms with E-state index >= 15 is 0 Å². The Labute approximate surface area is 158 Å². The van der Waals surface area contributed by atoms with Crippen molar-refractivity contribution in [3.63, 3.8) is 0 Å². The number of nitrogens with one attached hydrogen (secondary N) is 1. The van der Waals surface area contributed by atoms with Gasteiger partial charge in [0.05, 0.1) is 24.8 Å². The third kappa shape index (κ3) is 3.89. The van der Waals surface area contributed by atoms with Gasteiger partial charge in [-0.05, 0) is 30.3 Å². The lowest BCUT2D eigenvalue weighted by Gasteiger charge is -2.07. The number of benzene rings is 2. The molecule has 7 nitrogen and oxygen atoms in total. The number of halogens is 2. The molecular weight excluding hydrogens is 381 g/mol. The Kier molecular flexibility index (Phi) is 5.29. The number of nitrogens with zero attached hydrogens (tertiary/aromatic N) is 2. The number of anilines is 1. The number of hydrogen-bond donors (Lipinski definition) is 1. The Hall–Kier alpha value is -2.77. The summed E-state index contributed by atoms with van der Waals surface area (Å²) < 4.78 is 15.7. The highest BCUT2D eigenvalue weighted by atomic mass is 35.5. The van der Waals surface area contributed by atoms with Gasteiger partial charge in [-0.3, -0.25) is 10.1 Å². The Morgan fingerprint density at radius 1 is 1.04 bits per heavy atom. The van der Waals surface area contributed by atoms with E-state index in [1.165, 1.54) is 14.2 Å². The lowest BCUT2D eigenvalue weighted by atomic mass is 10.2. The van der Waals surface area contributed by atoms with E-state index in [-0.39, 0.29) is 11.9 Å². The zero-order chi connectivity index (χ0) is 18.7. The molecule has 0 fully saturated rings. The van der Waals surface area contributed by atoms with Crippen LogP contribution in [0.15, 0.2) is 40.8 Å². The number of amides is 1. The molecule has 3 aromatic rings. The first kappa shape index (κ1) is 18.0. The Morgan fingerprint density at radius 3 is 2.38 bits per heavy atom. The molecule has 1 N–H and O–H groups in total. The van der Waals surface area contributed by atoms with E-state index in [9.17, 15) is 4.79 Å². The van der Waals surface area contributed by atoms with Crippen LogP contribution in [0.3, 0.4) is 0 Å². The molecule has 26 heavy (non-hydrogen) atoms. The molecule has 0 radical (unpaired) electrons. The molecule has 0 spiro atoms. The summed E-state index contributed by atoms with van der Waals surface area (Å²) in [6, 6.07) is 9.54. The fraction of sp³-hybridized carbons (Fsp3) is 0.118. The second-order valence-electron chi connectivity index (χ2n) is 5.09. The highest BCUT2D eigenvalue weighted by molar-refractivity contribution is 6.35. The minimum Gasteiger partial charge on any atom is -0.497 e. The second kappa shape index (κ2) is 7.63. The number of carbonyl (C=O) groups is 1. The number of methoxy groups -OCH3 is 2. The first-order valence-electron chi connectivity index (χ1n) is 7.33. The lowest BCUT2D eigenvalue weighted by molar-refractivity contribution is 0.102.